The fourth-order valence-corrected chi connectivity index (χ4v) is 1.44. The molecule has 78 valence electrons. The molecule has 0 aromatic heterocycles. The van der Waals surface area contributed by atoms with Gasteiger partial charge in [0.2, 0.25) is 0 Å². The number of nitrogens with zero attached hydrogens (tertiary/aromatic N) is 1. The summed E-state index contributed by atoms with van der Waals surface area (Å²) in [6.07, 6.45) is 0.380. The van der Waals surface area contributed by atoms with E-state index < -0.39 is 11.6 Å². The molecule has 0 unspecified atom stereocenters. The van der Waals surface area contributed by atoms with Crippen molar-refractivity contribution in [1.82, 2.24) is 0 Å². The summed E-state index contributed by atoms with van der Waals surface area (Å²) in [5.74, 6) is -2.00. The van der Waals surface area contributed by atoms with Gasteiger partial charge in [0, 0.05) is 11.1 Å². The molecular formula is C11H8ClF2N. The van der Waals surface area contributed by atoms with Gasteiger partial charge in [0.05, 0.1) is 11.1 Å². The Morgan fingerprint density at radius 2 is 2.13 bits per heavy atom. The first-order chi connectivity index (χ1) is 7.11. The molecule has 15 heavy (non-hydrogen) atoms. The van der Waals surface area contributed by atoms with Crippen LogP contribution in [0.2, 0.25) is 0 Å². The molecule has 0 N–H and O–H groups in total. The van der Waals surface area contributed by atoms with E-state index in [1.54, 1.807) is 6.92 Å². The van der Waals surface area contributed by atoms with Crippen LogP contribution in [0.3, 0.4) is 0 Å². The minimum absolute atomic E-state index is 0.0306. The second-order valence-electron chi connectivity index (χ2n) is 2.86. The third-order valence-corrected chi connectivity index (χ3v) is 2.37. The lowest BCUT2D eigenvalue weighted by Gasteiger charge is -2.04. The van der Waals surface area contributed by atoms with Crippen molar-refractivity contribution >= 4 is 16.6 Å². The van der Waals surface area contributed by atoms with Crippen LogP contribution in [0.15, 0.2) is 23.8 Å². The van der Waals surface area contributed by atoms with Crippen molar-refractivity contribution in [2.45, 2.75) is 13.3 Å². The van der Waals surface area contributed by atoms with Crippen LogP contribution in [0, 0.1) is 23.0 Å². The van der Waals surface area contributed by atoms with Crippen LogP contribution in [0.4, 0.5) is 8.78 Å². The summed E-state index contributed by atoms with van der Waals surface area (Å²) in [7, 11) is 0. The van der Waals surface area contributed by atoms with E-state index in [2.05, 4.69) is 0 Å². The first kappa shape index (κ1) is 11.7. The third-order valence-electron chi connectivity index (χ3n) is 1.94. The standard InChI is InChI=1S/C11H8ClF2N/c1-2-7(6-15)10(12)8-4-3-5-9(13)11(8)14/h3-5H,2H2,1H3. The Balaban J connectivity index is 3.35. The van der Waals surface area contributed by atoms with E-state index in [9.17, 15) is 8.78 Å². The Labute approximate surface area is 91.6 Å². The Morgan fingerprint density at radius 1 is 1.47 bits per heavy atom. The lowest BCUT2D eigenvalue weighted by atomic mass is 10.1. The minimum Gasteiger partial charge on any atom is -0.204 e. The number of benzene rings is 1. The summed E-state index contributed by atoms with van der Waals surface area (Å²) in [4.78, 5) is 0. The van der Waals surface area contributed by atoms with Crippen LogP contribution >= 0.6 is 11.6 Å². The van der Waals surface area contributed by atoms with Crippen molar-refractivity contribution < 1.29 is 8.78 Å². The molecular weight excluding hydrogens is 220 g/mol. The van der Waals surface area contributed by atoms with Crippen molar-refractivity contribution in [3.63, 3.8) is 0 Å². The van der Waals surface area contributed by atoms with Crippen LogP contribution in [-0.4, -0.2) is 0 Å². The van der Waals surface area contributed by atoms with Crippen molar-refractivity contribution in [3.8, 4) is 6.07 Å². The van der Waals surface area contributed by atoms with Gasteiger partial charge < -0.3 is 0 Å². The van der Waals surface area contributed by atoms with Crippen molar-refractivity contribution in [2.75, 3.05) is 0 Å². The van der Waals surface area contributed by atoms with Crippen molar-refractivity contribution in [2.24, 2.45) is 0 Å². The predicted octanol–water partition coefficient (Wildman–Crippen LogP) is 3.85. The van der Waals surface area contributed by atoms with Crippen LogP contribution in [0.5, 0.6) is 0 Å². The van der Waals surface area contributed by atoms with Gasteiger partial charge in [-0.1, -0.05) is 30.7 Å². The van der Waals surface area contributed by atoms with Gasteiger partial charge in [0.15, 0.2) is 11.6 Å². The zero-order valence-electron chi connectivity index (χ0n) is 8.02. The highest BCUT2D eigenvalue weighted by Crippen LogP contribution is 2.27. The number of hydrogen-bond donors (Lipinski definition) is 0. The lowest BCUT2D eigenvalue weighted by Crippen LogP contribution is -1.92. The van der Waals surface area contributed by atoms with E-state index in [0.29, 0.717) is 6.42 Å². The van der Waals surface area contributed by atoms with Gasteiger partial charge in [-0.15, -0.1) is 0 Å². The summed E-state index contributed by atoms with van der Waals surface area (Å²) in [6.45, 7) is 1.72. The maximum absolute atomic E-state index is 13.3. The van der Waals surface area contributed by atoms with Gasteiger partial charge in [0.25, 0.3) is 0 Å². The molecule has 4 heteroatoms. The third kappa shape index (κ3) is 2.34. The van der Waals surface area contributed by atoms with E-state index in [0.717, 1.165) is 6.07 Å². The largest absolute Gasteiger partial charge is 0.204 e. The molecule has 0 aliphatic rings. The van der Waals surface area contributed by atoms with Crippen LogP contribution < -0.4 is 0 Å². The number of nitriles is 1. The molecule has 0 amide bonds. The SMILES string of the molecule is CCC(C#N)=C(Cl)c1cccc(F)c1F. The van der Waals surface area contributed by atoms with E-state index in [4.69, 9.17) is 16.9 Å². The molecule has 1 nitrogen and oxygen atoms in total. The molecule has 1 aromatic rings. The Morgan fingerprint density at radius 3 is 2.67 bits per heavy atom. The second-order valence-corrected chi connectivity index (χ2v) is 3.24. The first-order valence-electron chi connectivity index (χ1n) is 4.35. The molecule has 0 heterocycles. The van der Waals surface area contributed by atoms with Gasteiger partial charge >= 0.3 is 0 Å². The molecule has 0 saturated carbocycles. The smallest absolute Gasteiger partial charge is 0.167 e. The van der Waals surface area contributed by atoms with Crippen molar-refractivity contribution in [3.05, 3.63) is 41.0 Å². The van der Waals surface area contributed by atoms with Gasteiger partial charge in [-0.2, -0.15) is 5.26 Å². The quantitative estimate of drug-likeness (QED) is 0.704. The number of hydrogen-bond acceptors (Lipinski definition) is 1. The number of rotatable bonds is 2. The molecule has 0 atom stereocenters. The molecule has 1 rings (SSSR count). The second kappa shape index (κ2) is 4.90. The summed E-state index contributed by atoms with van der Waals surface area (Å²) in [5, 5.41) is 8.68. The fourth-order valence-electron chi connectivity index (χ4n) is 1.12. The Hall–Kier alpha value is -1.40. The molecule has 0 fully saturated rings. The molecule has 1 aromatic carbocycles. The van der Waals surface area contributed by atoms with E-state index >= 15 is 0 Å². The molecule has 0 radical (unpaired) electrons. The summed E-state index contributed by atoms with van der Waals surface area (Å²) >= 11 is 5.80. The van der Waals surface area contributed by atoms with Gasteiger partial charge in [0.1, 0.15) is 0 Å². The molecule has 0 aliphatic carbocycles. The zero-order chi connectivity index (χ0) is 11.4. The highest BCUT2D eigenvalue weighted by molar-refractivity contribution is 6.49. The maximum Gasteiger partial charge on any atom is 0.167 e. The summed E-state index contributed by atoms with van der Waals surface area (Å²) in [6, 6.07) is 5.55. The normalized spacial score (nSPS) is 11.9. The highest BCUT2D eigenvalue weighted by Gasteiger charge is 2.13. The molecule has 0 saturated heterocycles. The van der Waals surface area contributed by atoms with E-state index in [1.807, 2.05) is 6.07 Å². The maximum atomic E-state index is 13.3. The zero-order valence-corrected chi connectivity index (χ0v) is 8.78. The number of halogens is 3. The van der Waals surface area contributed by atoms with Gasteiger partial charge in [-0.05, 0) is 12.5 Å². The molecule has 0 bridgehead atoms. The van der Waals surface area contributed by atoms with Crippen LogP contribution in [0.1, 0.15) is 18.9 Å². The number of allylic oxidation sites excluding steroid dienone is 1. The average molecular weight is 228 g/mol. The van der Waals surface area contributed by atoms with Crippen molar-refractivity contribution in [1.29, 1.82) is 5.26 Å². The lowest BCUT2D eigenvalue weighted by molar-refractivity contribution is 0.506. The molecule has 0 aliphatic heterocycles. The summed E-state index contributed by atoms with van der Waals surface area (Å²) in [5.41, 5.74) is 0.163. The predicted molar refractivity (Wildman–Crippen MR) is 55.0 cm³/mol. The average Bonchev–Trinajstić information content (AvgIpc) is 2.23. The van der Waals surface area contributed by atoms with Gasteiger partial charge in [-0.3, -0.25) is 0 Å². The van der Waals surface area contributed by atoms with Gasteiger partial charge in [-0.25, -0.2) is 8.78 Å². The van der Waals surface area contributed by atoms with E-state index in [1.165, 1.54) is 12.1 Å². The fraction of sp³-hybridized carbons (Fsp3) is 0.182. The monoisotopic (exact) mass is 227 g/mol. The summed E-state index contributed by atoms with van der Waals surface area (Å²) < 4.78 is 26.2. The Bertz CT molecular complexity index is 446. The first-order valence-corrected chi connectivity index (χ1v) is 4.72. The van der Waals surface area contributed by atoms with Crippen LogP contribution in [-0.2, 0) is 0 Å². The van der Waals surface area contributed by atoms with E-state index in [-0.39, 0.29) is 16.2 Å². The topological polar surface area (TPSA) is 23.8 Å². The Kier molecular flexibility index (Phi) is 3.81. The molecule has 0 spiro atoms. The van der Waals surface area contributed by atoms with Crippen LogP contribution in [0.25, 0.3) is 5.03 Å². The minimum atomic E-state index is -1.02. The highest BCUT2D eigenvalue weighted by atomic mass is 35.5.